The number of hydrogen-bond acceptors (Lipinski definition) is 6. The molecule has 5 N–H and O–H groups in total. The van der Waals surface area contributed by atoms with Gasteiger partial charge >= 0.3 is 0 Å². The van der Waals surface area contributed by atoms with Crippen LogP contribution in [0.25, 0.3) is 0 Å². The summed E-state index contributed by atoms with van der Waals surface area (Å²) in [5, 5.41) is 54.0. The summed E-state index contributed by atoms with van der Waals surface area (Å²) in [6.07, 6.45) is -0.102. The molecule has 0 aliphatic heterocycles. The Morgan fingerprint density at radius 2 is 1.77 bits per heavy atom. The van der Waals surface area contributed by atoms with Crippen molar-refractivity contribution in [1.29, 1.82) is 0 Å². The summed E-state index contributed by atoms with van der Waals surface area (Å²) in [7, 11) is 0. The summed E-state index contributed by atoms with van der Waals surface area (Å²) in [6, 6.07) is 0. The van der Waals surface area contributed by atoms with Gasteiger partial charge in [0.1, 0.15) is 5.78 Å². The first-order chi connectivity index (χ1) is 12.2. The van der Waals surface area contributed by atoms with Gasteiger partial charge in [0, 0.05) is 30.5 Å². The van der Waals surface area contributed by atoms with E-state index in [0.29, 0.717) is 12.8 Å². The first-order valence-corrected chi connectivity index (χ1v) is 10.0. The summed E-state index contributed by atoms with van der Waals surface area (Å²) in [6.45, 7) is 3.49. The molecule has 0 aromatic heterocycles. The normalized spacial score (nSPS) is 59.0. The van der Waals surface area contributed by atoms with Gasteiger partial charge in [0.15, 0.2) is 0 Å². The van der Waals surface area contributed by atoms with Gasteiger partial charge in [0.2, 0.25) is 0 Å². The molecule has 0 aromatic rings. The van der Waals surface area contributed by atoms with Gasteiger partial charge in [-0.2, -0.15) is 0 Å². The number of aliphatic hydroxyl groups is 5. The zero-order valence-electron chi connectivity index (χ0n) is 15.6. The van der Waals surface area contributed by atoms with Crippen LogP contribution in [0.5, 0.6) is 0 Å². The van der Waals surface area contributed by atoms with Crippen molar-refractivity contribution in [2.45, 2.75) is 64.3 Å². The lowest BCUT2D eigenvalue weighted by atomic mass is 9.38. The van der Waals surface area contributed by atoms with Crippen LogP contribution in [-0.2, 0) is 4.79 Å². The van der Waals surface area contributed by atoms with Crippen LogP contribution in [0.4, 0.5) is 0 Å². The smallest absolute Gasteiger partial charge is 0.147 e. The van der Waals surface area contributed by atoms with Crippen LogP contribution >= 0.6 is 0 Å². The topological polar surface area (TPSA) is 118 Å². The first-order valence-electron chi connectivity index (χ1n) is 10.0. The molecule has 4 aliphatic carbocycles. The number of fused-ring (bicyclic) bond motifs is 3. The van der Waals surface area contributed by atoms with E-state index in [1.54, 1.807) is 6.92 Å². The van der Waals surface area contributed by atoms with E-state index in [9.17, 15) is 30.3 Å². The van der Waals surface area contributed by atoms with Gasteiger partial charge in [-0.05, 0) is 42.9 Å². The molecule has 6 heteroatoms. The fraction of sp³-hybridized carbons (Fsp3) is 0.950. The zero-order chi connectivity index (χ0) is 19.1. The number of Topliss-reactive ketones (excluding diaryl/α,β-unsaturated/α-hetero) is 1. The van der Waals surface area contributed by atoms with Crippen molar-refractivity contribution in [3.05, 3.63) is 0 Å². The van der Waals surface area contributed by atoms with E-state index in [1.807, 2.05) is 6.92 Å². The van der Waals surface area contributed by atoms with Gasteiger partial charge in [-0.25, -0.2) is 0 Å². The minimum atomic E-state index is -1.39. The summed E-state index contributed by atoms with van der Waals surface area (Å²) in [5.74, 6) is -1.79. The second kappa shape index (κ2) is 5.74. The van der Waals surface area contributed by atoms with Crippen LogP contribution in [0, 0.1) is 39.9 Å². The third-order valence-electron chi connectivity index (χ3n) is 9.00. The third kappa shape index (κ3) is 1.88. The second-order valence-electron chi connectivity index (χ2n) is 9.84. The average molecular weight is 368 g/mol. The van der Waals surface area contributed by atoms with E-state index < -0.39 is 46.4 Å². The Hall–Kier alpha value is -0.530. The fourth-order valence-corrected chi connectivity index (χ4v) is 7.84. The van der Waals surface area contributed by atoms with Crippen molar-refractivity contribution >= 4 is 5.78 Å². The van der Waals surface area contributed by atoms with Crippen molar-refractivity contribution < 1.29 is 30.3 Å². The largest absolute Gasteiger partial charge is 0.396 e. The lowest BCUT2D eigenvalue weighted by molar-refractivity contribution is -0.267. The predicted octanol–water partition coefficient (Wildman–Crippen LogP) is 0.0915. The van der Waals surface area contributed by atoms with Crippen molar-refractivity contribution in [2.75, 3.05) is 13.2 Å². The highest BCUT2D eigenvalue weighted by molar-refractivity contribution is 5.92. The van der Waals surface area contributed by atoms with Crippen LogP contribution in [0.2, 0.25) is 0 Å². The number of rotatable bonds is 2. The number of ketones is 1. The highest BCUT2D eigenvalue weighted by atomic mass is 16.3. The van der Waals surface area contributed by atoms with Gasteiger partial charge in [-0.1, -0.05) is 20.3 Å². The molecule has 4 rings (SSSR count). The van der Waals surface area contributed by atoms with Crippen molar-refractivity contribution in [1.82, 2.24) is 0 Å². The summed E-state index contributed by atoms with van der Waals surface area (Å²) < 4.78 is 0. The highest BCUT2D eigenvalue weighted by Gasteiger charge is 2.77. The van der Waals surface area contributed by atoms with E-state index in [1.165, 1.54) is 0 Å². The molecular formula is C20H32O6. The van der Waals surface area contributed by atoms with E-state index in [0.717, 1.165) is 12.8 Å². The van der Waals surface area contributed by atoms with Crippen LogP contribution < -0.4 is 0 Å². The molecule has 148 valence electrons. The molecule has 2 bridgehead atoms. The minimum Gasteiger partial charge on any atom is -0.396 e. The highest BCUT2D eigenvalue weighted by Crippen LogP contribution is 2.71. The number of hydrogen-bond donors (Lipinski definition) is 5. The predicted molar refractivity (Wildman–Crippen MR) is 92.9 cm³/mol. The number of carbonyl (C=O) groups excluding carboxylic acids is 1. The Morgan fingerprint density at radius 1 is 1.08 bits per heavy atom. The molecule has 6 nitrogen and oxygen atoms in total. The summed E-state index contributed by atoms with van der Waals surface area (Å²) in [5.41, 5.74) is -2.63. The van der Waals surface area contributed by atoms with E-state index in [2.05, 4.69) is 0 Å². The second-order valence-corrected chi connectivity index (χ2v) is 9.84. The summed E-state index contributed by atoms with van der Waals surface area (Å²) in [4.78, 5) is 13.3. The fourth-order valence-electron chi connectivity index (χ4n) is 7.84. The van der Waals surface area contributed by atoms with E-state index in [-0.39, 0.29) is 37.3 Å². The Balaban J connectivity index is 1.92. The van der Waals surface area contributed by atoms with Gasteiger partial charge in [0.05, 0.1) is 23.7 Å². The van der Waals surface area contributed by atoms with Gasteiger partial charge in [-0.3, -0.25) is 4.79 Å². The third-order valence-corrected chi connectivity index (χ3v) is 9.00. The molecule has 26 heavy (non-hydrogen) atoms. The Kier molecular flexibility index (Phi) is 4.15. The van der Waals surface area contributed by atoms with Crippen LogP contribution in [0.3, 0.4) is 0 Å². The van der Waals surface area contributed by atoms with Crippen molar-refractivity contribution in [3.8, 4) is 0 Å². The van der Waals surface area contributed by atoms with Gasteiger partial charge < -0.3 is 25.5 Å². The molecular weight excluding hydrogens is 336 g/mol. The molecule has 0 heterocycles. The van der Waals surface area contributed by atoms with Crippen LogP contribution in [0.15, 0.2) is 0 Å². The molecule has 4 aliphatic rings. The molecule has 0 aromatic carbocycles. The molecule has 0 radical (unpaired) electrons. The lowest BCUT2D eigenvalue weighted by Crippen LogP contribution is -2.72. The average Bonchev–Trinajstić information content (AvgIpc) is 2.74. The molecule has 1 spiro atoms. The monoisotopic (exact) mass is 368 g/mol. The van der Waals surface area contributed by atoms with E-state index in [4.69, 9.17) is 0 Å². The SMILES string of the molecule is C[C@H]1C(=O)[C@]23[C@H](O)C[C@@H]4[C@](C)(CO)CCC[C@@]4(CO)[C@@H]2[C@@H](O)C[C@@H]1[C@H]3O. The van der Waals surface area contributed by atoms with Crippen LogP contribution in [0.1, 0.15) is 46.0 Å². The molecule has 10 atom stereocenters. The lowest BCUT2D eigenvalue weighted by Gasteiger charge is -2.66. The van der Waals surface area contributed by atoms with Crippen molar-refractivity contribution in [2.24, 2.45) is 39.9 Å². The van der Waals surface area contributed by atoms with E-state index >= 15 is 0 Å². The molecule has 0 amide bonds. The standard InChI is InChI=1S/C20H32O6/c1-10-11-6-12(23)15-19(9-22)5-3-4-18(2,8-21)13(19)7-14(24)20(15,16(10)25)17(11)26/h10-15,17,21-24,26H,3-9H2,1-2H3/t10-,11+,12+,13-,14-,15+,17-,18+,19+,20+/m1/s1. The Bertz CT molecular complexity index is 609. The Morgan fingerprint density at radius 3 is 2.38 bits per heavy atom. The quantitative estimate of drug-likeness (QED) is 0.471. The Labute approximate surface area is 154 Å². The number of aliphatic hydroxyl groups excluding tert-OH is 5. The molecule has 0 saturated heterocycles. The van der Waals surface area contributed by atoms with Crippen LogP contribution in [-0.4, -0.2) is 62.8 Å². The molecule has 4 fully saturated rings. The van der Waals surface area contributed by atoms with Crippen molar-refractivity contribution in [3.63, 3.8) is 0 Å². The minimum absolute atomic E-state index is 0.0581. The maximum Gasteiger partial charge on any atom is 0.147 e. The molecule has 0 unspecified atom stereocenters. The molecule has 4 saturated carbocycles. The maximum absolute atomic E-state index is 13.3. The summed E-state index contributed by atoms with van der Waals surface area (Å²) >= 11 is 0. The number of carbonyl (C=O) groups is 1. The van der Waals surface area contributed by atoms with Gasteiger partial charge in [-0.15, -0.1) is 0 Å². The first kappa shape index (κ1) is 18.8. The van der Waals surface area contributed by atoms with Gasteiger partial charge in [0.25, 0.3) is 0 Å². The zero-order valence-corrected chi connectivity index (χ0v) is 15.6. The maximum atomic E-state index is 13.3.